The minimum absolute atomic E-state index is 0.0716. The number of ether oxygens (including phenoxy) is 1. The maximum atomic E-state index is 14.9. The summed E-state index contributed by atoms with van der Waals surface area (Å²) >= 11 is 0.970. The second kappa shape index (κ2) is 9.78. The van der Waals surface area contributed by atoms with Crippen molar-refractivity contribution in [2.24, 2.45) is 5.73 Å². The predicted molar refractivity (Wildman–Crippen MR) is 137 cm³/mol. The number of morpholine rings is 1. The molecule has 4 heterocycles. The molecule has 0 unspecified atom stereocenters. The lowest BCUT2D eigenvalue weighted by Crippen LogP contribution is -2.35. The number of anilines is 2. The van der Waals surface area contributed by atoms with Gasteiger partial charge in [-0.15, -0.1) is 11.3 Å². The van der Waals surface area contributed by atoms with Crippen LogP contribution in [0.2, 0.25) is 0 Å². The van der Waals surface area contributed by atoms with E-state index in [2.05, 4.69) is 25.2 Å². The van der Waals surface area contributed by atoms with Gasteiger partial charge >= 0.3 is 0 Å². The molecule has 194 valence electrons. The Morgan fingerprint density at radius 2 is 1.92 bits per heavy atom. The lowest BCUT2D eigenvalue weighted by molar-refractivity contribution is 0.0332. The van der Waals surface area contributed by atoms with E-state index in [4.69, 9.17) is 10.5 Å². The number of H-pyrrole nitrogens is 1. The van der Waals surface area contributed by atoms with E-state index in [0.29, 0.717) is 36.2 Å². The van der Waals surface area contributed by atoms with Crippen molar-refractivity contribution in [2.45, 2.75) is 26.0 Å². The Kier molecular flexibility index (Phi) is 6.67. The van der Waals surface area contributed by atoms with E-state index in [1.165, 1.54) is 19.9 Å². The third-order valence-electron chi connectivity index (χ3n) is 6.11. The van der Waals surface area contributed by atoms with Gasteiger partial charge in [-0.05, 0) is 49.7 Å². The number of carbonyl (C=O) groups excluding carboxylic acids is 1. The first-order valence-electron chi connectivity index (χ1n) is 11.7. The zero-order valence-electron chi connectivity index (χ0n) is 20.3. The number of carbonyl (C=O) groups is 1. The molecule has 1 aromatic carbocycles. The summed E-state index contributed by atoms with van der Waals surface area (Å²) in [6.07, 6.45) is 0. The summed E-state index contributed by atoms with van der Waals surface area (Å²) in [5.74, 6) is -1.30. The first-order chi connectivity index (χ1) is 17.6. The molecule has 0 spiro atoms. The monoisotopic (exact) mass is 528 g/mol. The number of rotatable bonds is 7. The van der Waals surface area contributed by atoms with Crippen LogP contribution in [0.1, 0.15) is 35.6 Å². The number of imidazole rings is 1. The van der Waals surface area contributed by atoms with Crippen LogP contribution in [-0.2, 0) is 16.9 Å². The number of nitrogens with two attached hydrogens (primary N) is 1. The Morgan fingerprint density at radius 1 is 1.22 bits per heavy atom. The second-order valence-electron chi connectivity index (χ2n) is 9.36. The minimum atomic E-state index is -1.42. The third-order valence-corrected chi connectivity index (χ3v) is 7.17. The van der Waals surface area contributed by atoms with Crippen molar-refractivity contribution in [3.8, 4) is 10.4 Å². The third kappa shape index (κ3) is 5.32. The molecule has 9 nitrogen and oxygen atoms in total. The summed E-state index contributed by atoms with van der Waals surface area (Å²) in [5, 5.41) is 13.5. The summed E-state index contributed by atoms with van der Waals surface area (Å²) in [4.78, 5) is 26.9. The fourth-order valence-electron chi connectivity index (χ4n) is 4.13. The number of aromatic amines is 1. The zero-order valence-corrected chi connectivity index (χ0v) is 21.1. The first kappa shape index (κ1) is 25.2. The van der Waals surface area contributed by atoms with Gasteiger partial charge in [0, 0.05) is 18.0 Å². The van der Waals surface area contributed by atoms with E-state index >= 15 is 0 Å². The van der Waals surface area contributed by atoms with Crippen molar-refractivity contribution in [2.75, 3.05) is 31.6 Å². The average molecular weight is 529 g/mol. The molecular weight excluding hydrogens is 502 g/mol. The Bertz CT molecular complexity index is 1450. The lowest BCUT2D eigenvalue weighted by atomic mass is 9.96. The highest BCUT2D eigenvalue weighted by Crippen LogP contribution is 2.40. The van der Waals surface area contributed by atoms with Crippen molar-refractivity contribution in [3.63, 3.8) is 0 Å². The number of aliphatic hydroxyl groups is 1. The smallest absolute Gasteiger partial charge is 0.251 e. The highest BCUT2D eigenvalue weighted by molar-refractivity contribution is 7.20. The van der Waals surface area contributed by atoms with Gasteiger partial charge in [0.1, 0.15) is 28.3 Å². The first-order valence-corrected chi connectivity index (χ1v) is 12.5. The van der Waals surface area contributed by atoms with Gasteiger partial charge in [0.05, 0.1) is 42.0 Å². The standard InChI is InChI=1S/C25H26F2N6O3S/c1-25(2,35)13-9-15(26)21(16(27)10-13)18-11-14(22(28)34)24(37-18)32-19-4-3-17-23(30-19)31-20(29-17)12-33-5-7-36-8-6-33/h3-4,9-11,35H,5-8,12H2,1-2H3,(H2,28,34)(H2,29,30,31,32). The quantitative estimate of drug-likeness (QED) is 0.287. The lowest BCUT2D eigenvalue weighted by Gasteiger charge is -2.25. The van der Waals surface area contributed by atoms with Crippen molar-refractivity contribution in [1.82, 2.24) is 19.9 Å². The van der Waals surface area contributed by atoms with Crippen molar-refractivity contribution < 1.29 is 23.4 Å². The van der Waals surface area contributed by atoms with E-state index in [1.807, 2.05) is 6.07 Å². The number of thiophene rings is 1. The molecule has 0 aliphatic carbocycles. The van der Waals surface area contributed by atoms with Gasteiger partial charge in [-0.1, -0.05) is 0 Å². The Balaban J connectivity index is 1.43. The molecule has 0 atom stereocenters. The molecule has 1 amide bonds. The Morgan fingerprint density at radius 3 is 2.57 bits per heavy atom. The molecule has 0 saturated carbocycles. The number of aromatic nitrogens is 3. The van der Waals surface area contributed by atoms with Gasteiger partial charge in [0.25, 0.3) is 5.91 Å². The van der Waals surface area contributed by atoms with Crippen LogP contribution in [0.3, 0.4) is 0 Å². The number of primary amides is 1. The maximum Gasteiger partial charge on any atom is 0.251 e. The molecule has 37 heavy (non-hydrogen) atoms. The molecule has 1 aliphatic rings. The van der Waals surface area contributed by atoms with Crippen LogP contribution in [0.4, 0.5) is 19.6 Å². The molecule has 1 fully saturated rings. The van der Waals surface area contributed by atoms with Crippen molar-refractivity contribution in [3.05, 3.63) is 58.9 Å². The topological polar surface area (TPSA) is 129 Å². The molecule has 5 N–H and O–H groups in total. The number of pyridine rings is 1. The van der Waals surface area contributed by atoms with Crippen LogP contribution in [-0.4, -0.2) is 57.2 Å². The number of hydrogen-bond acceptors (Lipinski definition) is 8. The fraction of sp³-hybridized carbons (Fsp3) is 0.320. The number of benzene rings is 1. The highest BCUT2D eigenvalue weighted by atomic mass is 32.1. The number of nitrogens with one attached hydrogen (secondary N) is 2. The molecule has 0 bridgehead atoms. The number of halogens is 2. The van der Waals surface area contributed by atoms with Gasteiger partial charge in [-0.25, -0.2) is 18.7 Å². The van der Waals surface area contributed by atoms with Gasteiger partial charge < -0.3 is 25.9 Å². The van der Waals surface area contributed by atoms with Gasteiger partial charge in [0.15, 0.2) is 5.65 Å². The van der Waals surface area contributed by atoms with E-state index in [0.717, 1.165) is 47.9 Å². The molecule has 12 heteroatoms. The predicted octanol–water partition coefficient (Wildman–Crippen LogP) is 3.87. The van der Waals surface area contributed by atoms with Crippen LogP contribution in [0.5, 0.6) is 0 Å². The summed E-state index contributed by atoms with van der Waals surface area (Å²) in [6.45, 7) is 6.56. The van der Waals surface area contributed by atoms with Gasteiger partial charge in [0.2, 0.25) is 0 Å². The number of nitrogens with zero attached hydrogens (tertiary/aromatic N) is 3. The van der Waals surface area contributed by atoms with Crippen molar-refractivity contribution in [1.29, 1.82) is 0 Å². The van der Waals surface area contributed by atoms with Crippen LogP contribution in [0.25, 0.3) is 21.6 Å². The molecule has 1 aliphatic heterocycles. The number of hydrogen-bond donors (Lipinski definition) is 4. The zero-order chi connectivity index (χ0) is 26.3. The number of fused-ring (bicyclic) bond motifs is 1. The Labute approximate surface area is 215 Å². The largest absolute Gasteiger partial charge is 0.386 e. The normalized spacial score (nSPS) is 14.8. The molecular formula is C25H26F2N6O3S. The van der Waals surface area contributed by atoms with E-state index < -0.39 is 23.1 Å². The molecule has 4 aromatic rings. The molecule has 1 saturated heterocycles. The maximum absolute atomic E-state index is 14.9. The summed E-state index contributed by atoms with van der Waals surface area (Å²) in [6, 6.07) is 7.03. The van der Waals surface area contributed by atoms with Crippen LogP contribution in [0.15, 0.2) is 30.3 Å². The Hall–Kier alpha value is -3.45. The fourth-order valence-corrected chi connectivity index (χ4v) is 5.25. The minimum Gasteiger partial charge on any atom is -0.386 e. The second-order valence-corrected chi connectivity index (χ2v) is 10.4. The average Bonchev–Trinajstić information content (AvgIpc) is 3.42. The SMILES string of the molecule is CC(C)(O)c1cc(F)c(-c2cc(C(N)=O)c(Nc3ccc4[nH]c(CN5CCOCC5)nc4n3)s2)c(F)c1. The summed E-state index contributed by atoms with van der Waals surface area (Å²) in [7, 11) is 0. The van der Waals surface area contributed by atoms with Gasteiger partial charge in [-0.2, -0.15) is 0 Å². The van der Waals surface area contributed by atoms with Crippen LogP contribution < -0.4 is 11.1 Å². The van der Waals surface area contributed by atoms with E-state index in [-0.39, 0.29) is 21.6 Å². The molecule has 3 aromatic heterocycles. The summed E-state index contributed by atoms with van der Waals surface area (Å²) in [5.41, 5.74) is 5.25. The highest BCUT2D eigenvalue weighted by Gasteiger charge is 2.24. The van der Waals surface area contributed by atoms with E-state index in [9.17, 15) is 18.7 Å². The van der Waals surface area contributed by atoms with Gasteiger partial charge in [-0.3, -0.25) is 9.69 Å². The molecule has 5 rings (SSSR count). The van der Waals surface area contributed by atoms with Crippen molar-refractivity contribution >= 4 is 39.2 Å². The van der Waals surface area contributed by atoms with E-state index in [1.54, 1.807) is 6.07 Å². The van der Waals surface area contributed by atoms with Crippen LogP contribution >= 0.6 is 11.3 Å². The summed E-state index contributed by atoms with van der Waals surface area (Å²) < 4.78 is 35.2. The van der Waals surface area contributed by atoms with Crippen LogP contribution in [0, 0.1) is 11.6 Å². The molecule has 0 radical (unpaired) electrons. The number of amides is 1.